The maximum atomic E-state index is 13.4. The van der Waals surface area contributed by atoms with E-state index in [0.717, 1.165) is 33.5 Å². The van der Waals surface area contributed by atoms with Crippen molar-refractivity contribution in [2.75, 3.05) is 33.9 Å². The van der Waals surface area contributed by atoms with Crippen molar-refractivity contribution in [3.63, 3.8) is 0 Å². The number of para-hydroxylation sites is 1. The van der Waals surface area contributed by atoms with Crippen LogP contribution in [-0.2, 0) is 20.7 Å². The third-order valence-corrected chi connectivity index (χ3v) is 6.32. The second-order valence-corrected chi connectivity index (χ2v) is 8.02. The minimum Gasteiger partial charge on any atom is -0.497 e. The van der Waals surface area contributed by atoms with Crippen molar-refractivity contribution in [1.29, 1.82) is 0 Å². The third-order valence-electron chi connectivity index (χ3n) is 6.32. The summed E-state index contributed by atoms with van der Waals surface area (Å²) in [5.41, 5.74) is 4.00. The van der Waals surface area contributed by atoms with Gasteiger partial charge in [0.15, 0.2) is 0 Å². The first-order valence-electron chi connectivity index (χ1n) is 10.4. The van der Waals surface area contributed by atoms with Crippen LogP contribution in [0.1, 0.15) is 22.9 Å². The van der Waals surface area contributed by atoms with E-state index in [1.165, 1.54) is 0 Å². The van der Waals surface area contributed by atoms with Crippen molar-refractivity contribution >= 4 is 22.7 Å². The lowest BCUT2D eigenvalue weighted by Crippen LogP contribution is -2.63. The molecule has 0 aliphatic carbocycles. The molecule has 2 aromatic carbocycles. The van der Waals surface area contributed by atoms with E-state index in [0.29, 0.717) is 19.6 Å². The Kier molecular flexibility index (Phi) is 4.90. The van der Waals surface area contributed by atoms with Gasteiger partial charge in [0.25, 0.3) is 0 Å². The summed E-state index contributed by atoms with van der Waals surface area (Å²) < 4.78 is 10.6. The Bertz CT molecular complexity index is 1150. The zero-order valence-electron chi connectivity index (χ0n) is 17.6. The Hall–Kier alpha value is -3.32. The highest BCUT2D eigenvalue weighted by Gasteiger charge is 2.48. The average molecular weight is 419 g/mol. The number of benzene rings is 2. The van der Waals surface area contributed by atoms with Crippen LogP contribution in [0.25, 0.3) is 10.9 Å². The van der Waals surface area contributed by atoms with Gasteiger partial charge in [-0.3, -0.25) is 9.59 Å². The molecule has 0 radical (unpaired) electrons. The van der Waals surface area contributed by atoms with Crippen LogP contribution >= 0.6 is 0 Å². The summed E-state index contributed by atoms with van der Waals surface area (Å²) in [6.07, 6.45) is 0.494. The van der Waals surface area contributed by atoms with Gasteiger partial charge in [-0.25, -0.2) is 0 Å². The van der Waals surface area contributed by atoms with Crippen LogP contribution in [0.3, 0.4) is 0 Å². The molecular formula is C24H25N3O4. The van der Waals surface area contributed by atoms with Crippen LogP contribution in [0.15, 0.2) is 48.5 Å². The van der Waals surface area contributed by atoms with Crippen molar-refractivity contribution in [1.82, 2.24) is 14.8 Å². The lowest BCUT2D eigenvalue weighted by atomic mass is 9.86. The number of carbonyl (C=O) groups is 2. The number of rotatable bonds is 5. The summed E-state index contributed by atoms with van der Waals surface area (Å²) >= 11 is 0. The minimum atomic E-state index is -0.541. The minimum absolute atomic E-state index is 0.0273. The predicted octanol–water partition coefficient (Wildman–Crippen LogP) is 2.51. The number of amides is 2. The van der Waals surface area contributed by atoms with Crippen molar-refractivity contribution in [3.8, 4) is 5.75 Å². The first kappa shape index (κ1) is 19.6. The van der Waals surface area contributed by atoms with Gasteiger partial charge in [-0.15, -0.1) is 0 Å². The van der Waals surface area contributed by atoms with E-state index < -0.39 is 6.04 Å². The number of hydrogen-bond donors (Lipinski definition) is 1. The van der Waals surface area contributed by atoms with Crippen LogP contribution in [0.2, 0.25) is 0 Å². The number of piperazine rings is 1. The molecule has 1 aromatic heterocycles. The number of nitrogens with zero attached hydrogens (tertiary/aromatic N) is 2. The molecular weight excluding hydrogens is 394 g/mol. The van der Waals surface area contributed by atoms with E-state index in [1.807, 2.05) is 42.5 Å². The smallest absolute Gasteiger partial charge is 0.246 e. The van der Waals surface area contributed by atoms with Gasteiger partial charge in [-0.05, 0) is 29.3 Å². The van der Waals surface area contributed by atoms with Crippen molar-refractivity contribution < 1.29 is 19.1 Å². The van der Waals surface area contributed by atoms with Crippen molar-refractivity contribution in [2.24, 2.45) is 0 Å². The number of ether oxygens (including phenoxy) is 2. The fourth-order valence-corrected chi connectivity index (χ4v) is 4.87. The van der Waals surface area contributed by atoms with Crippen LogP contribution in [0.4, 0.5) is 0 Å². The summed E-state index contributed by atoms with van der Waals surface area (Å²) in [7, 11) is 3.22. The summed E-state index contributed by atoms with van der Waals surface area (Å²) in [5, 5.41) is 1.10. The summed E-state index contributed by atoms with van der Waals surface area (Å²) in [4.78, 5) is 33.7. The number of nitrogens with one attached hydrogen (secondary N) is 1. The number of fused-ring (bicyclic) bond motifs is 4. The molecule has 2 atom stereocenters. The Morgan fingerprint density at radius 2 is 1.94 bits per heavy atom. The van der Waals surface area contributed by atoms with E-state index in [2.05, 4.69) is 11.1 Å². The molecule has 1 N–H and O–H groups in total. The van der Waals surface area contributed by atoms with Crippen LogP contribution in [-0.4, -0.2) is 66.6 Å². The molecule has 1 unspecified atom stereocenters. The number of aromatic amines is 1. The maximum absolute atomic E-state index is 13.4. The zero-order valence-corrected chi connectivity index (χ0v) is 17.6. The van der Waals surface area contributed by atoms with Gasteiger partial charge < -0.3 is 24.3 Å². The number of carbonyl (C=O) groups excluding carboxylic acids is 2. The molecule has 0 spiro atoms. The molecule has 31 heavy (non-hydrogen) atoms. The van der Waals surface area contributed by atoms with E-state index in [4.69, 9.17) is 9.47 Å². The standard InChI is InChI=1S/C24H25N3O4/c1-30-11-10-26-14-21(28)27-20(24(26)29)13-18-17-8-3-4-9-19(17)25-22(18)23(27)15-6-5-7-16(12-15)31-2/h3-9,12,20,23,25H,10-11,13-14H2,1-2H3/t20-,23?/m0/s1. The summed E-state index contributed by atoms with van der Waals surface area (Å²) in [6, 6.07) is 14.9. The monoisotopic (exact) mass is 419 g/mol. The fourth-order valence-electron chi connectivity index (χ4n) is 4.87. The van der Waals surface area contributed by atoms with Crippen molar-refractivity contribution in [2.45, 2.75) is 18.5 Å². The lowest BCUT2D eigenvalue weighted by Gasteiger charge is -2.47. The van der Waals surface area contributed by atoms with Gasteiger partial charge in [0, 0.05) is 36.7 Å². The number of methoxy groups -OCH3 is 2. The van der Waals surface area contributed by atoms with Crippen LogP contribution in [0.5, 0.6) is 5.75 Å². The Balaban J connectivity index is 1.67. The van der Waals surface area contributed by atoms with Gasteiger partial charge in [0.1, 0.15) is 11.8 Å². The highest BCUT2D eigenvalue weighted by molar-refractivity contribution is 5.97. The Morgan fingerprint density at radius 3 is 2.74 bits per heavy atom. The molecule has 2 aliphatic heterocycles. The van der Waals surface area contributed by atoms with E-state index in [9.17, 15) is 9.59 Å². The normalized spacial score (nSPS) is 20.7. The van der Waals surface area contributed by atoms with Gasteiger partial charge in [-0.2, -0.15) is 0 Å². The zero-order chi connectivity index (χ0) is 21.5. The molecule has 3 heterocycles. The van der Waals surface area contributed by atoms with Gasteiger partial charge in [0.2, 0.25) is 11.8 Å². The number of hydrogen-bond acceptors (Lipinski definition) is 4. The Labute approximate surface area is 180 Å². The molecule has 3 aromatic rings. The van der Waals surface area contributed by atoms with Gasteiger partial charge >= 0.3 is 0 Å². The molecule has 2 aliphatic rings. The van der Waals surface area contributed by atoms with Gasteiger partial charge in [-0.1, -0.05) is 30.3 Å². The number of H-pyrrole nitrogens is 1. The molecule has 7 nitrogen and oxygen atoms in total. The Morgan fingerprint density at radius 1 is 1.10 bits per heavy atom. The molecule has 160 valence electrons. The van der Waals surface area contributed by atoms with Crippen LogP contribution < -0.4 is 4.74 Å². The van der Waals surface area contributed by atoms with Gasteiger partial charge in [0.05, 0.1) is 26.3 Å². The molecule has 7 heteroatoms. The summed E-state index contributed by atoms with van der Waals surface area (Å²) in [6.45, 7) is 0.883. The SMILES string of the molecule is COCCN1CC(=O)N2C(c3cccc(OC)c3)c3[nH]c4ccccc4c3C[C@H]2C1=O. The molecule has 1 saturated heterocycles. The predicted molar refractivity (Wildman–Crippen MR) is 116 cm³/mol. The maximum Gasteiger partial charge on any atom is 0.246 e. The second kappa shape index (κ2) is 7.74. The average Bonchev–Trinajstić information content (AvgIpc) is 3.17. The first-order valence-corrected chi connectivity index (χ1v) is 10.4. The van der Waals surface area contributed by atoms with E-state index >= 15 is 0 Å². The highest BCUT2D eigenvalue weighted by Crippen LogP contribution is 2.43. The quantitative estimate of drug-likeness (QED) is 0.690. The van der Waals surface area contributed by atoms with Crippen molar-refractivity contribution in [3.05, 3.63) is 65.4 Å². The number of aromatic nitrogens is 1. The van der Waals surface area contributed by atoms with Crippen LogP contribution in [0, 0.1) is 0 Å². The largest absolute Gasteiger partial charge is 0.497 e. The second-order valence-electron chi connectivity index (χ2n) is 8.02. The topological polar surface area (TPSA) is 74.9 Å². The lowest BCUT2D eigenvalue weighted by molar-refractivity contribution is -0.159. The first-order chi connectivity index (χ1) is 15.1. The molecule has 1 fully saturated rings. The summed E-state index contributed by atoms with van der Waals surface area (Å²) in [5.74, 6) is 0.632. The molecule has 0 bridgehead atoms. The van der Waals surface area contributed by atoms with E-state index in [-0.39, 0.29) is 24.4 Å². The fraction of sp³-hybridized carbons (Fsp3) is 0.333. The third kappa shape index (κ3) is 3.16. The highest BCUT2D eigenvalue weighted by atomic mass is 16.5. The molecule has 5 rings (SSSR count). The van der Waals surface area contributed by atoms with E-state index in [1.54, 1.807) is 24.0 Å². The molecule has 2 amide bonds. The molecule has 0 saturated carbocycles.